The zero-order chi connectivity index (χ0) is 13.1. The number of likely N-dealkylation sites (tertiary alicyclic amines) is 1. The Morgan fingerprint density at radius 3 is 2.89 bits per heavy atom. The molecule has 5 heteroatoms. The second kappa shape index (κ2) is 5.80. The molecule has 3 atom stereocenters. The third-order valence-electron chi connectivity index (χ3n) is 3.83. The Hall–Kier alpha value is -0.940. The van der Waals surface area contributed by atoms with Crippen LogP contribution >= 0.6 is 0 Å². The number of nitrogens with one attached hydrogen (secondary N) is 1. The highest BCUT2D eigenvalue weighted by molar-refractivity contribution is 6.05. The molecule has 18 heavy (non-hydrogen) atoms. The number of amides is 2. The molecule has 2 fully saturated rings. The maximum absolute atomic E-state index is 12.1. The van der Waals surface area contributed by atoms with Crippen LogP contribution in [0, 0.1) is 5.92 Å². The molecule has 2 rings (SSSR count). The number of hydrogen-bond donors (Lipinski definition) is 1. The van der Waals surface area contributed by atoms with Gasteiger partial charge in [-0.05, 0) is 25.7 Å². The predicted octanol–water partition coefficient (Wildman–Crippen LogP) is 0.538. The standard InChI is InChI=1S/C13H22N2O3/c1-3-5-15-12(16)7-11(13(15)17)14-9(2)10-4-6-18-8-10/h9-11,14H,3-8H2,1-2H3. The first-order valence-electron chi connectivity index (χ1n) is 6.81. The van der Waals surface area contributed by atoms with Crippen molar-refractivity contribution in [3.8, 4) is 0 Å². The van der Waals surface area contributed by atoms with E-state index in [4.69, 9.17) is 4.74 Å². The molecule has 1 N–H and O–H groups in total. The van der Waals surface area contributed by atoms with Gasteiger partial charge in [0.1, 0.15) is 0 Å². The van der Waals surface area contributed by atoms with Gasteiger partial charge in [-0.15, -0.1) is 0 Å². The number of ether oxygens (including phenoxy) is 1. The summed E-state index contributed by atoms with van der Waals surface area (Å²) in [6.45, 7) is 6.13. The highest BCUT2D eigenvalue weighted by atomic mass is 16.5. The zero-order valence-corrected chi connectivity index (χ0v) is 11.1. The van der Waals surface area contributed by atoms with Gasteiger partial charge < -0.3 is 10.1 Å². The summed E-state index contributed by atoms with van der Waals surface area (Å²) >= 11 is 0. The minimum absolute atomic E-state index is 0.0470. The molecule has 5 nitrogen and oxygen atoms in total. The van der Waals surface area contributed by atoms with E-state index in [0.29, 0.717) is 18.9 Å². The molecule has 2 aliphatic rings. The largest absolute Gasteiger partial charge is 0.381 e. The number of carbonyl (C=O) groups is 2. The van der Waals surface area contributed by atoms with Crippen LogP contribution in [0.15, 0.2) is 0 Å². The third kappa shape index (κ3) is 2.72. The van der Waals surface area contributed by atoms with Crippen LogP contribution < -0.4 is 5.32 Å². The molecule has 0 aromatic carbocycles. The number of hydrogen-bond acceptors (Lipinski definition) is 4. The number of carbonyl (C=O) groups excluding carboxylic acids is 2. The van der Waals surface area contributed by atoms with Crippen LogP contribution in [-0.2, 0) is 14.3 Å². The summed E-state index contributed by atoms with van der Waals surface area (Å²) in [5.74, 6) is 0.343. The van der Waals surface area contributed by atoms with E-state index in [1.165, 1.54) is 4.90 Å². The fourth-order valence-corrected chi connectivity index (χ4v) is 2.67. The van der Waals surface area contributed by atoms with E-state index in [2.05, 4.69) is 12.2 Å². The molecule has 102 valence electrons. The molecule has 0 aromatic rings. The topological polar surface area (TPSA) is 58.6 Å². The van der Waals surface area contributed by atoms with Gasteiger partial charge in [0.05, 0.1) is 19.1 Å². The fraction of sp³-hybridized carbons (Fsp3) is 0.846. The van der Waals surface area contributed by atoms with E-state index in [1.807, 2.05) is 6.92 Å². The van der Waals surface area contributed by atoms with Crippen LogP contribution in [0.1, 0.15) is 33.1 Å². The van der Waals surface area contributed by atoms with E-state index in [1.54, 1.807) is 0 Å². The van der Waals surface area contributed by atoms with Crippen LogP contribution in [0.3, 0.4) is 0 Å². The Morgan fingerprint density at radius 1 is 1.50 bits per heavy atom. The summed E-state index contributed by atoms with van der Waals surface area (Å²) in [7, 11) is 0. The molecule has 2 heterocycles. The molecule has 3 unspecified atom stereocenters. The third-order valence-corrected chi connectivity index (χ3v) is 3.83. The predicted molar refractivity (Wildman–Crippen MR) is 66.9 cm³/mol. The Kier molecular flexibility index (Phi) is 4.35. The molecule has 2 saturated heterocycles. The van der Waals surface area contributed by atoms with Gasteiger partial charge in [-0.1, -0.05) is 6.92 Å². The van der Waals surface area contributed by atoms with Crippen molar-refractivity contribution in [2.75, 3.05) is 19.8 Å². The van der Waals surface area contributed by atoms with Gasteiger partial charge in [-0.25, -0.2) is 0 Å². The molecular weight excluding hydrogens is 232 g/mol. The Morgan fingerprint density at radius 2 is 2.28 bits per heavy atom. The maximum atomic E-state index is 12.1. The van der Waals surface area contributed by atoms with Gasteiger partial charge >= 0.3 is 0 Å². The Labute approximate surface area is 108 Å². The summed E-state index contributed by atoms with van der Waals surface area (Å²) in [5.41, 5.74) is 0. The normalized spacial score (nSPS) is 30.2. The minimum Gasteiger partial charge on any atom is -0.381 e. The molecule has 0 spiro atoms. The summed E-state index contributed by atoms with van der Waals surface area (Å²) in [5, 5.41) is 3.30. The van der Waals surface area contributed by atoms with Crippen LogP contribution in [-0.4, -0.2) is 48.6 Å². The summed E-state index contributed by atoms with van der Waals surface area (Å²) in [4.78, 5) is 25.2. The smallest absolute Gasteiger partial charge is 0.246 e. The maximum Gasteiger partial charge on any atom is 0.246 e. The highest BCUT2D eigenvalue weighted by Gasteiger charge is 2.39. The minimum atomic E-state index is -0.334. The van der Waals surface area contributed by atoms with Gasteiger partial charge in [0.25, 0.3) is 0 Å². The van der Waals surface area contributed by atoms with Crippen molar-refractivity contribution >= 4 is 11.8 Å². The molecule has 0 bridgehead atoms. The monoisotopic (exact) mass is 254 g/mol. The van der Waals surface area contributed by atoms with E-state index in [9.17, 15) is 9.59 Å². The van der Waals surface area contributed by atoms with Crippen molar-refractivity contribution in [1.82, 2.24) is 10.2 Å². The van der Waals surface area contributed by atoms with E-state index < -0.39 is 0 Å². The summed E-state index contributed by atoms with van der Waals surface area (Å²) < 4.78 is 5.35. The van der Waals surface area contributed by atoms with Crippen LogP contribution in [0.2, 0.25) is 0 Å². The van der Waals surface area contributed by atoms with Crippen LogP contribution in [0.4, 0.5) is 0 Å². The average Bonchev–Trinajstić information content (AvgIpc) is 2.94. The lowest BCUT2D eigenvalue weighted by atomic mass is 9.99. The molecule has 0 aromatic heterocycles. The average molecular weight is 254 g/mol. The molecular formula is C13H22N2O3. The SMILES string of the molecule is CCCN1C(=O)CC(NC(C)C2CCOC2)C1=O. The summed E-state index contributed by atoms with van der Waals surface area (Å²) in [6, 6.07) is -0.115. The lowest BCUT2D eigenvalue weighted by Gasteiger charge is -2.22. The molecule has 0 radical (unpaired) electrons. The second-order valence-electron chi connectivity index (χ2n) is 5.22. The number of imide groups is 1. The van der Waals surface area contributed by atoms with Crippen molar-refractivity contribution in [1.29, 1.82) is 0 Å². The van der Waals surface area contributed by atoms with Crippen LogP contribution in [0.5, 0.6) is 0 Å². The van der Waals surface area contributed by atoms with E-state index in [-0.39, 0.29) is 23.9 Å². The van der Waals surface area contributed by atoms with Gasteiger partial charge in [0.2, 0.25) is 11.8 Å². The van der Waals surface area contributed by atoms with Crippen molar-refractivity contribution < 1.29 is 14.3 Å². The quantitative estimate of drug-likeness (QED) is 0.727. The molecule has 2 aliphatic heterocycles. The molecule has 2 amide bonds. The van der Waals surface area contributed by atoms with E-state index in [0.717, 1.165) is 26.1 Å². The lowest BCUT2D eigenvalue weighted by molar-refractivity contribution is -0.138. The van der Waals surface area contributed by atoms with Crippen molar-refractivity contribution in [3.63, 3.8) is 0 Å². The molecule has 0 saturated carbocycles. The number of nitrogens with zero attached hydrogens (tertiary/aromatic N) is 1. The van der Waals surface area contributed by atoms with E-state index >= 15 is 0 Å². The molecule has 0 aliphatic carbocycles. The van der Waals surface area contributed by atoms with Gasteiger partial charge in [-0.3, -0.25) is 14.5 Å². The second-order valence-corrected chi connectivity index (χ2v) is 5.22. The highest BCUT2D eigenvalue weighted by Crippen LogP contribution is 2.20. The van der Waals surface area contributed by atoms with Gasteiger partial charge in [0.15, 0.2) is 0 Å². The van der Waals surface area contributed by atoms with Crippen molar-refractivity contribution in [2.45, 2.75) is 45.2 Å². The van der Waals surface area contributed by atoms with Crippen LogP contribution in [0.25, 0.3) is 0 Å². The Bertz CT molecular complexity index is 326. The Balaban J connectivity index is 1.90. The first-order valence-corrected chi connectivity index (χ1v) is 6.81. The number of rotatable bonds is 5. The first kappa shape index (κ1) is 13.5. The fourth-order valence-electron chi connectivity index (χ4n) is 2.67. The van der Waals surface area contributed by atoms with Crippen molar-refractivity contribution in [3.05, 3.63) is 0 Å². The summed E-state index contributed by atoms with van der Waals surface area (Å²) in [6.07, 6.45) is 2.15. The zero-order valence-electron chi connectivity index (χ0n) is 11.1. The first-order chi connectivity index (χ1) is 8.63. The van der Waals surface area contributed by atoms with Crippen molar-refractivity contribution in [2.24, 2.45) is 5.92 Å². The van der Waals surface area contributed by atoms with Gasteiger partial charge in [0, 0.05) is 19.2 Å². The lowest BCUT2D eigenvalue weighted by Crippen LogP contribution is -2.45. The van der Waals surface area contributed by atoms with Gasteiger partial charge in [-0.2, -0.15) is 0 Å².